The summed E-state index contributed by atoms with van der Waals surface area (Å²) in [5.74, 6) is 3.81. The van der Waals surface area contributed by atoms with E-state index in [1.165, 1.54) is 0 Å². The Morgan fingerprint density at radius 1 is 0.623 bits per heavy atom. The molecule has 3 aromatic carbocycles. The predicted octanol–water partition coefficient (Wildman–Crippen LogP) is 13.7. The van der Waals surface area contributed by atoms with Crippen molar-refractivity contribution in [3.05, 3.63) is 113 Å². The fourth-order valence-corrected chi connectivity index (χ4v) is 12.3. The number of benzene rings is 3. The van der Waals surface area contributed by atoms with Crippen LogP contribution in [0.25, 0.3) is 22.5 Å². The zero-order valence-electron chi connectivity index (χ0n) is 33.6. The lowest BCUT2D eigenvalue weighted by Crippen LogP contribution is -2.44. The predicted molar refractivity (Wildman–Crippen MR) is 239 cm³/mol. The molecular weight excluding hydrogens is 922 g/mol. The van der Waals surface area contributed by atoms with Gasteiger partial charge in [0, 0.05) is 50.4 Å². The van der Waals surface area contributed by atoms with Crippen LogP contribution in [0.2, 0.25) is 20.1 Å². The summed E-state index contributed by atoms with van der Waals surface area (Å²) in [5.41, 5.74) is 4.91. The topological polar surface area (TPSA) is 108 Å². The van der Waals surface area contributed by atoms with E-state index in [4.69, 9.17) is 64.9 Å². The highest BCUT2D eigenvalue weighted by Crippen LogP contribution is 2.56. The fraction of sp³-hybridized carbons (Fsp3) is 0.479. The highest BCUT2D eigenvalue weighted by molar-refractivity contribution is 9.10. The summed E-state index contributed by atoms with van der Waals surface area (Å²) in [7, 11) is 0. The maximum Gasteiger partial charge on any atom is 0.145 e. The van der Waals surface area contributed by atoms with Crippen molar-refractivity contribution in [2.45, 2.75) is 120 Å². The second-order valence-electron chi connectivity index (χ2n) is 18.0. The highest BCUT2D eigenvalue weighted by atomic mass is 79.9. The first kappa shape index (κ1) is 42.2. The summed E-state index contributed by atoms with van der Waals surface area (Å²) in [6.45, 7) is 0.830. The number of aliphatic hydroxyl groups is 1. The van der Waals surface area contributed by atoms with Gasteiger partial charge in [-0.15, -0.1) is 0 Å². The Morgan fingerprint density at radius 3 is 1.49 bits per heavy atom. The van der Waals surface area contributed by atoms with Crippen LogP contribution in [0, 0.1) is 23.7 Å². The zero-order valence-corrected chi connectivity index (χ0v) is 38.2. The molecular formula is C48H47BrCl4N2O6. The van der Waals surface area contributed by atoms with Gasteiger partial charge in [0.25, 0.3) is 0 Å². The molecule has 11 rings (SSSR count). The number of nitrogens with zero attached hydrogens (tertiary/aromatic N) is 2. The molecule has 13 heteroatoms. The number of carbonyl (C=O) groups excluding carboxylic acids is 1. The molecule has 1 N–H and O–H groups in total. The van der Waals surface area contributed by atoms with E-state index >= 15 is 0 Å². The Bertz CT molecular complexity index is 2380. The molecule has 0 amide bonds. The van der Waals surface area contributed by atoms with E-state index < -0.39 is 5.60 Å². The van der Waals surface area contributed by atoms with Crippen LogP contribution in [-0.4, -0.2) is 33.4 Å². The van der Waals surface area contributed by atoms with Crippen LogP contribution in [-0.2, 0) is 33.1 Å². The van der Waals surface area contributed by atoms with Gasteiger partial charge in [-0.1, -0.05) is 96.9 Å². The normalized spacial score (nSPS) is 27.9. The van der Waals surface area contributed by atoms with Gasteiger partial charge in [0.05, 0.1) is 51.1 Å². The van der Waals surface area contributed by atoms with E-state index in [-0.39, 0.29) is 35.9 Å². The minimum absolute atomic E-state index is 0.0847. The molecule has 61 heavy (non-hydrogen) atoms. The van der Waals surface area contributed by atoms with Crippen LogP contribution in [0.5, 0.6) is 0 Å². The van der Waals surface area contributed by atoms with Gasteiger partial charge in [0.1, 0.15) is 28.7 Å². The molecule has 6 fully saturated rings. The van der Waals surface area contributed by atoms with Crippen molar-refractivity contribution < 1.29 is 28.4 Å². The molecule has 2 aromatic heterocycles. The molecule has 6 saturated carbocycles. The zero-order chi connectivity index (χ0) is 42.0. The van der Waals surface area contributed by atoms with Gasteiger partial charge in [0.2, 0.25) is 0 Å². The standard InChI is InChI=1S/C27H26BrCl2NO3.C21H21Cl2NO3/c28-19-4-1-3-16(11-19)27(32)17-9-10-18(27)13-20(12-17)33-14-21-25(31-34-26(21)15-7-8-15)24-22(29)5-2-6-23(24)30;22-16-2-1-3-17(23)18(16)19-15(21(27-24-19)11-4-5-11)10-26-14-8-12-6-7-13(9-14)20(12)25/h1-6,11,15,17-18,20,32H,7-10,12-14H2;1-3,11-14H,4-10H2/t17-,18+,20?,27?;12-,13+,14?. The average Bonchev–Trinajstić information content (AvgIpc) is 4.16. The number of rotatable bonds is 11. The number of hydrogen-bond donors (Lipinski definition) is 1. The summed E-state index contributed by atoms with van der Waals surface area (Å²) in [4.78, 5) is 12.1. The van der Waals surface area contributed by atoms with Gasteiger partial charge >= 0.3 is 0 Å². The van der Waals surface area contributed by atoms with Crippen LogP contribution >= 0.6 is 62.3 Å². The monoisotopic (exact) mass is 966 g/mol. The van der Waals surface area contributed by atoms with E-state index in [0.717, 1.165) is 110 Å². The highest BCUT2D eigenvalue weighted by Gasteiger charge is 2.54. The first-order valence-corrected chi connectivity index (χ1v) is 24.0. The quantitative estimate of drug-likeness (QED) is 0.139. The average molecular weight is 970 g/mol. The van der Waals surface area contributed by atoms with Crippen LogP contribution in [0.3, 0.4) is 0 Å². The first-order valence-electron chi connectivity index (χ1n) is 21.7. The van der Waals surface area contributed by atoms with E-state index in [9.17, 15) is 9.90 Å². The minimum atomic E-state index is -0.781. The summed E-state index contributed by atoms with van der Waals surface area (Å²) in [6, 6.07) is 19.0. The van der Waals surface area contributed by atoms with Gasteiger partial charge in [-0.25, -0.2) is 0 Å². The number of Topliss-reactive ketones (excluding diaryl/α,β-unsaturated/α-hetero) is 1. The Kier molecular flexibility index (Phi) is 12.0. The summed E-state index contributed by atoms with van der Waals surface area (Å²) in [5, 5.41) is 22.7. The Balaban J connectivity index is 0.000000150. The Morgan fingerprint density at radius 2 is 1.05 bits per heavy atom. The second kappa shape index (κ2) is 17.3. The van der Waals surface area contributed by atoms with Crippen molar-refractivity contribution >= 4 is 68.1 Å². The second-order valence-corrected chi connectivity index (χ2v) is 20.5. The van der Waals surface area contributed by atoms with Crippen LogP contribution in [0.15, 0.2) is 74.2 Å². The fourth-order valence-electron chi connectivity index (χ4n) is 10.7. The lowest BCUT2D eigenvalue weighted by molar-refractivity contribution is -0.130. The molecule has 320 valence electrons. The van der Waals surface area contributed by atoms with Gasteiger partial charge in [-0.2, -0.15) is 0 Å². The van der Waals surface area contributed by atoms with Crippen LogP contribution in [0.1, 0.15) is 117 Å². The molecule has 6 aliphatic carbocycles. The van der Waals surface area contributed by atoms with Crippen molar-refractivity contribution in [2.24, 2.45) is 23.7 Å². The molecule has 0 spiro atoms. The van der Waals surface area contributed by atoms with Gasteiger partial charge < -0.3 is 23.6 Å². The third-order valence-corrected chi connectivity index (χ3v) is 15.9. The van der Waals surface area contributed by atoms with E-state index in [2.05, 4.69) is 38.4 Å². The lowest BCUT2D eigenvalue weighted by atomic mass is 9.69. The van der Waals surface area contributed by atoms with Crippen LogP contribution < -0.4 is 0 Å². The maximum atomic E-state index is 12.1. The molecule has 5 aromatic rings. The third-order valence-electron chi connectivity index (χ3n) is 14.1. The number of hydrogen-bond acceptors (Lipinski definition) is 8. The van der Waals surface area contributed by atoms with Gasteiger partial charge in [-0.05, 0) is 131 Å². The number of carbonyl (C=O) groups is 1. The van der Waals surface area contributed by atoms with Gasteiger partial charge in [0.15, 0.2) is 0 Å². The SMILES string of the molecule is O=C1[C@@H]2CC[C@H]1CC(OCc1c(-c3c(Cl)cccc3Cl)noc1C1CC1)C2.OC1(c2cccc(Br)c2)[C@@H]2CC[C@H]1CC(OCc1c(-c3c(Cl)cccc3Cl)noc1C1CC1)C2. The molecule has 6 aliphatic rings. The van der Waals surface area contributed by atoms with Crippen molar-refractivity contribution in [2.75, 3.05) is 0 Å². The summed E-state index contributed by atoms with van der Waals surface area (Å²) in [6.07, 6.45) is 12.1. The number of aromatic nitrogens is 2. The molecule has 0 aliphatic heterocycles. The smallest absolute Gasteiger partial charge is 0.145 e. The summed E-state index contributed by atoms with van der Waals surface area (Å²) >= 11 is 29.4. The number of halogens is 5. The molecule has 0 saturated heterocycles. The number of ketones is 1. The lowest BCUT2D eigenvalue weighted by Gasteiger charge is -2.43. The van der Waals surface area contributed by atoms with E-state index in [0.29, 0.717) is 73.4 Å². The molecule has 0 radical (unpaired) electrons. The maximum absolute atomic E-state index is 12.1. The van der Waals surface area contributed by atoms with Crippen molar-refractivity contribution in [3.63, 3.8) is 0 Å². The van der Waals surface area contributed by atoms with Crippen molar-refractivity contribution in [1.82, 2.24) is 10.3 Å². The Hall–Kier alpha value is -2.73. The first-order chi connectivity index (χ1) is 29.6. The molecule has 8 nitrogen and oxygen atoms in total. The van der Waals surface area contributed by atoms with Gasteiger partial charge in [-0.3, -0.25) is 4.79 Å². The largest absolute Gasteiger partial charge is 0.385 e. The number of ether oxygens (including phenoxy) is 2. The van der Waals surface area contributed by atoms with Crippen molar-refractivity contribution in [3.8, 4) is 22.5 Å². The van der Waals surface area contributed by atoms with E-state index in [1.807, 2.05) is 48.5 Å². The molecule has 7 atom stereocenters. The number of fused-ring (bicyclic) bond motifs is 4. The Labute approximate surface area is 384 Å². The minimum Gasteiger partial charge on any atom is -0.385 e. The third kappa shape index (κ3) is 8.29. The summed E-state index contributed by atoms with van der Waals surface area (Å²) < 4.78 is 25.3. The molecule has 2 heterocycles. The molecule has 4 bridgehead atoms. The molecule has 3 unspecified atom stereocenters. The van der Waals surface area contributed by atoms with Crippen molar-refractivity contribution in [1.29, 1.82) is 0 Å². The van der Waals surface area contributed by atoms with Crippen LogP contribution in [0.4, 0.5) is 0 Å². The van der Waals surface area contributed by atoms with E-state index in [1.54, 1.807) is 0 Å².